The quantitative estimate of drug-likeness (QED) is 0.484. The summed E-state index contributed by atoms with van der Waals surface area (Å²) in [6.45, 7) is 5.47. The third-order valence-corrected chi connectivity index (χ3v) is 5.23. The number of aliphatic carboxylic acids is 1. The second-order valence-electron chi connectivity index (χ2n) is 7.68. The van der Waals surface area contributed by atoms with E-state index in [1.807, 2.05) is 16.7 Å². The zero-order valence-electron chi connectivity index (χ0n) is 20.3. The van der Waals surface area contributed by atoms with E-state index in [1.165, 1.54) is 4.57 Å². The number of hydrogen-bond acceptors (Lipinski definition) is 8. The van der Waals surface area contributed by atoms with Crippen LogP contribution >= 0.6 is 0 Å². The number of imidazole rings is 1. The molecule has 0 bridgehead atoms. The smallest absolute Gasteiger partial charge is 0.490 e. The summed E-state index contributed by atoms with van der Waals surface area (Å²) >= 11 is 0. The molecule has 0 atom stereocenters. The Hall–Kier alpha value is -4.25. The predicted octanol–water partition coefficient (Wildman–Crippen LogP) is 2.00. The van der Waals surface area contributed by atoms with Gasteiger partial charge in [0.1, 0.15) is 11.5 Å². The Kier molecular flexibility index (Phi) is 8.61. The van der Waals surface area contributed by atoms with Gasteiger partial charge in [0, 0.05) is 39.3 Å². The summed E-state index contributed by atoms with van der Waals surface area (Å²) in [5, 5.41) is 10.5. The van der Waals surface area contributed by atoms with E-state index in [2.05, 4.69) is 27.0 Å². The van der Waals surface area contributed by atoms with Gasteiger partial charge in [0.25, 0.3) is 5.56 Å². The lowest BCUT2D eigenvalue weighted by molar-refractivity contribution is -0.192. The molecule has 37 heavy (non-hydrogen) atoms. The van der Waals surface area contributed by atoms with Crippen LogP contribution in [0.4, 0.5) is 19.1 Å². The molecule has 0 unspecified atom stereocenters. The summed E-state index contributed by atoms with van der Waals surface area (Å²) in [7, 11) is 3.22. The summed E-state index contributed by atoms with van der Waals surface area (Å²) in [6.07, 6.45) is -5.08. The van der Waals surface area contributed by atoms with Crippen LogP contribution in [-0.4, -0.2) is 69.6 Å². The molecule has 14 heteroatoms. The molecule has 2 N–H and O–H groups in total. The molecule has 3 aromatic rings. The Bertz CT molecular complexity index is 1380. The second-order valence-corrected chi connectivity index (χ2v) is 7.68. The van der Waals surface area contributed by atoms with E-state index in [9.17, 15) is 18.0 Å². The van der Waals surface area contributed by atoms with Crippen LogP contribution in [0.15, 0.2) is 29.1 Å². The van der Waals surface area contributed by atoms with Crippen molar-refractivity contribution in [1.82, 2.24) is 24.4 Å². The number of carboxylic acid groups (broad SMARTS) is 1. The third-order valence-electron chi connectivity index (χ3n) is 5.23. The molecule has 2 aromatic heterocycles. The number of nitrogens with zero attached hydrogens (tertiary/aromatic N) is 5. The van der Waals surface area contributed by atoms with Gasteiger partial charge in [-0.05, 0) is 19.1 Å². The predicted molar refractivity (Wildman–Crippen MR) is 128 cm³/mol. The number of ether oxygens (including phenoxy) is 2. The van der Waals surface area contributed by atoms with Crippen molar-refractivity contribution in [3.8, 4) is 29.4 Å². The molecule has 1 aliphatic heterocycles. The number of alkyl halides is 3. The first-order valence-electron chi connectivity index (χ1n) is 11.0. The highest BCUT2D eigenvalue weighted by Gasteiger charge is 2.38. The molecule has 11 nitrogen and oxygen atoms in total. The molecular formula is C23H25F3N6O5. The maximum absolute atomic E-state index is 13.2. The summed E-state index contributed by atoms with van der Waals surface area (Å²) in [6, 6.07) is 7.31. The fourth-order valence-corrected chi connectivity index (χ4v) is 3.40. The Morgan fingerprint density at radius 3 is 2.46 bits per heavy atom. The molecule has 1 saturated heterocycles. The summed E-state index contributed by atoms with van der Waals surface area (Å²) in [4.78, 5) is 33.5. The fourth-order valence-electron chi connectivity index (χ4n) is 3.40. The van der Waals surface area contributed by atoms with Crippen LogP contribution in [0.1, 0.15) is 6.92 Å². The lowest BCUT2D eigenvalue weighted by Gasteiger charge is -2.28. The molecule has 0 radical (unpaired) electrons. The van der Waals surface area contributed by atoms with Gasteiger partial charge < -0.3 is 24.8 Å². The average Bonchev–Trinajstić information content (AvgIpc) is 3.24. The molecule has 198 valence electrons. The number of aromatic nitrogens is 4. The lowest BCUT2D eigenvalue weighted by Crippen LogP contribution is -2.44. The Morgan fingerprint density at radius 2 is 1.86 bits per heavy atom. The van der Waals surface area contributed by atoms with Crippen LogP contribution < -0.4 is 25.2 Å². The first kappa shape index (κ1) is 27.3. The van der Waals surface area contributed by atoms with Gasteiger partial charge in [-0.15, -0.1) is 5.92 Å². The molecule has 0 spiro atoms. The molecule has 1 fully saturated rings. The SMILES string of the molecule is CC#CCn1c(N2CCNCC2)nc2nc(Oc3cccc(OC)c3)n(C)c(=O)c21.O=C(O)C(F)(F)F. The van der Waals surface area contributed by atoms with E-state index in [1.54, 1.807) is 33.2 Å². The third kappa shape index (κ3) is 6.50. The lowest BCUT2D eigenvalue weighted by atomic mass is 10.3. The van der Waals surface area contributed by atoms with Crippen LogP contribution in [0.2, 0.25) is 0 Å². The molecule has 0 saturated carbocycles. The first-order valence-corrected chi connectivity index (χ1v) is 11.0. The molecule has 0 aliphatic carbocycles. The molecule has 1 aliphatic rings. The van der Waals surface area contributed by atoms with Crippen LogP contribution in [0.5, 0.6) is 17.5 Å². The Balaban J connectivity index is 0.000000479. The van der Waals surface area contributed by atoms with E-state index < -0.39 is 12.1 Å². The standard InChI is InChI=1S/C21H24N6O3.C2HF3O2/c1-4-5-11-27-17-18(23-20(27)26-12-9-22-10-13-26)24-21(25(2)19(17)28)30-16-8-6-7-15(14-16)29-3;3-2(4,5)1(6)7/h6-8,14,22H,9-13H2,1-3H3;(H,6,7). The zero-order chi connectivity index (χ0) is 27.2. The molecule has 0 amide bonds. The molecule has 4 rings (SSSR count). The topological polar surface area (TPSA) is 124 Å². The van der Waals surface area contributed by atoms with Crippen molar-refractivity contribution in [1.29, 1.82) is 0 Å². The van der Waals surface area contributed by atoms with E-state index in [0.717, 1.165) is 26.2 Å². The Morgan fingerprint density at radius 1 is 1.22 bits per heavy atom. The summed E-state index contributed by atoms with van der Waals surface area (Å²) in [5.74, 6) is 5.07. The number of benzene rings is 1. The van der Waals surface area contributed by atoms with E-state index in [-0.39, 0.29) is 11.6 Å². The largest absolute Gasteiger partial charge is 0.497 e. The number of halogens is 3. The number of methoxy groups -OCH3 is 1. The second kappa shape index (κ2) is 11.7. The zero-order valence-corrected chi connectivity index (χ0v) is 20.3. The number of carboxylic acids is 1. The Labute approximate surface area is 209 Å². The minimum Gasteiger partial charge on any atom is -0.497 e. The van der Waals surface area contributed by atoms with Crippen LogP contribution in [-0.2, 0) is 18.4 Å². The van der Waals surface area contributed by atoms with Gasteiger partial charge in [-0.2, -0.15) is 23.1 Å². The number of rotatable bonds is 5. The van der Waals surface area contributed by atoms with Gasteiger partial charge in [0.2, 0.25) is 5.95 Å². The highest BCUT2D eigenvalue weighted by molar-refractivity contribution is 5.75. The summed E-state index contributed by atoms with van der Waals surface area (Å²) in [5.41, 5.74) is 0.541. The van der Waals surface area contributed by atoms with Gasteiger partial charge in [-0.1, -0.05) is 12.0 Å². The van der Waals surface area contributed by atoms with Crippen LogP contribution in [0.25, 0.3) is 11.2 Å². The van der Waals surface area contributed by atoms with Crippen molar-refractivity contribution in [2.45, 2.75) is 19.6 Å². The summed E-state index contributed by atoms with van der Waals surface area (Å²) < 4.78 is 46.1. The minimum absolute atomic E-state index is 0.166. The van der Waals surface area contributed by atoms with Gasteiger partial charge in [0.15, 0.2) is 11.2 Å². The molecular weight excluding hydrogens is 497 g/mol. The van der Waals surface area contributed by atoms with Crippen molar-refractivity contribution >= 4 is 23.1 Å². The maximum atomic E-state index is 13.2. The normalized spacial score (nSPS) is 13.3. The fraction of sp³-hybridized carbons (Fsp3) is 0.391. The van der Waals surface area contributed by atoms with Gasteiger partial charge in [-0.25, -0.2) is 4.79 Å². The van der Waals surface area contributed by atoms with Gasteiger partial charge in [-0.3, -0.25) is 13.9 Å². The van der Waals surface area contributed by atoms with Crippen LogP contribution in [0.3, 0.4) is 0 Å². The number of carbonyl (C=O) groups is 1. The van der Waals surface area contributed by atoms with E-state index >= 15 is 0 Å². The monoisotopic (exact) mass is 522 g/mol. The number of nitrogens with one attached hydrogen (secondary N) is 1. The van der Waals surface area contributed by atoms with E-state index in [4.69, 9.17) is 24.4 Å². The van der Waals surface area contributed by atoms with Gasteiger partial charge in [0.05, 0.1) is 13.7 Å². The van der Waals surface area contributed by atoms with Crippen molar-refractivity contribution in [3.63, 3.8) is 0 Å². The highest BCUT2D eigenvalue weighted by Crippen LogP contribution is 2.26. The number of hydrogen-bond donors (Lipinski definition) is 2. The minimum atomic E-state index is -5.08. The van der Waals surface area contributed by atoms with Gasteiger partial charge >= 0.3 is 18.2 Å². The van der Waals surface area contributed by atoms with Crippen LogP contribution in [0, 0.1) is 11.8 Å². The molecule has 1 aromatic carbocycles. The maximum Gasteiger partial charge on any atom is 0.490 e. The van der Waals surface area contributed by atoms with Crippen molar-refractivity contribution in [2.24, 2.45) is 7.05 Å². The number of fused-ring (bicyclic) bond motifs is 1. The van der Waals surface area contributed by atoms with Crippen molar-refractivity contribution < 1.29 is 32.5 Å². The number of piperazine rings is 1. The average molecular weight is 522 g/mol. The van der Waals surface area contributed by atoms with Crippen molar-refractivity contribution in [3.05, 3.63) is 34.6 Å². The molecule has 3 heterocycles. The highest BCUT2D eigenvalue weighted by atomic mass is 19.4. The number of anilines is 1. The first-order chi connectivity index (χ1) is 17.6. The van der Waals surface area contributed by atoms with Crippen molar-refractivity contribution in [2.75, 3.05) is 38.2 Å². The van der Waals surface area contributed by atoms with E-state index in [0.29, 0.717) is 35.2 Å².